The number of carbonyl (C=O) groups is 1. The highest BCUT2D eigenvalue weighted by molar-refractivity contribution is 5.79. The number of aliphatic hydroxyl groups excluding tert-OH is 2. The Bertz CT molecular complexity index is 641. The van der Waals surface area contributed by atoms with Crippen molar-refractivity contribution in [2.75, 3.05) is 6.54 Å². The second-order valence-electron chi connectivity index (χ2n) is 10.9. The number of piperidine rings is 1. The normalized spacial score (nSPS) is 51.3. The van der Waals surface area contributed by atoms with Crippen LogP contribution >= 0.6 is 0 Å². The first-order valence-electron chi connectivity index (χ1n) is 11.4. The van der Waals surface area contributed by atoms with Crippen LogP contribution in [0.2, 0.25) is 0 Å². The molecule has 1 aliphatic heterocycles. The molecule has 4 rings (SSSR count). The molecule has 1 unspecified atom stereocenters. The van der Waals surface area contributed by atoms with E-state index in [1.165, 1.54) is 0 Å². The summed E-state index contributed by atoms with van der Waals surface area (Å²) in [5.41, 5.74) is -2.15. The molecule has 4 aliphatic rings. The zero-order valence-electron chi connectivity index (χ0n) is 18.0. The van der Waals surface area contributed by atoms with Gasteiger partial charge >= 0.3 is 0 Å². The Morgan fingerprint density at radius 1 is 1.00 bits per heavy atom. The lowest BCUT2D eigenvalue weighted by Crippen LogP contribution is -2.71. The summed E-state index contributed by atoms with van der Waals surface area (Å²) < 4.78 is 17.0. The molecular formula is C23H38FNO3. The maximum atomic E-state index is 17.0. The zero-order valence-corrected chi connectivity index (χ0v) is 18.0. The number of hydrogen-bond donors (Lipinski definition) is 2. The fraction of sp³-hybridized carbons (Fsp3) is 0.957. The topological polar surface area (TPSA) is 60.8 Å². The van der Waals surface area contributed by atoms with Crippen molar-refractivity contribution in [3.05, 3.63) is 0 Å². The van der Waals surface area contributed by atoms with Crippen molar-refractivity contribution < 1.29 is 19.4 Å². The molecule has 3 aliphatic carbocycles. The molecule has 3 saturated carbocycles. The van der Waals surface area contributed by atoms with Gasteiger partial charge in [0.15, 0.2) is 0 Å². The first kappa shape index (κ1) is 20.6. The van der Waals surface area contributed by atoms with Crippen LogP contribution in [0.4, 0.5) is 4.39 Å². The highest BCUT2D eigenvalue weighted by Gasteiger charge is 2.69. The second kappa shape index (κ2) is 6.66. The number of fused-ring (bicyclic) bond motifs is 5. The minimum atomic E-state index is -1.31. The molecule has 0 aromatic heterocycles. The minimum Gasteiger partial charge on any atom is -0.390 e. The van der Waals surface area contributed by atoms with Crippen LogP contribution in [0.15, 0.2) is 0 Å². The highest BCUT2D eigenvalue weighted by Crippen LogP contribution is 2.67. The van der Waals surface area contributed by atoms with E-state index in [0.29, 0.717) is 25.7 Å². The average Bonchev–Trinajstić information content (AvgIpc) is 2.65. The molecule has 0 aromatic carbocycles. The summed E-state index contributed by atoms with van der Waals surface area (Å²) in [5.74, 6) is 0.131. The number of rotatable bonds is 1. The van der Waals surface area contributed by atoms with Gasteiger partial charge in [-0.3, -0.25) is 4.79 Å². The molecule has 0 radical (unpaired) electrons. The standard InChI is InChI=1S/C23H38FNO3/c1-14(2)20(28)25-13-5-6-15-16-7-8-17-19(27)18(26)9-10-21(17,3)23(16,24)12-11-22(15,25)4/h14-19,26-27H,5-13H2,1-4H3/t15-,16-,17?,18-,19+,21-,22-,23+/m0/s1. The van der Waals surface area contributed by atoms with Gasteiger partial charge in [0.25, 0.3) is 0 Å². The Labute approximate surface area is 168 Å². The summed E-state index contributed by atoms with van der Waals surface area (Å²) in [7, 11) is 0. The molecule has 160 valence electrons. The third-order valence-electron chi connectivity index (χ3n) is 9.46. The van der Waals surface area contributed by atoms with Crippen LogP contribution in [-0.2, 0) is 4.79 Å². The first-order valence-corrected chi connectivity index (χ1v) is 11.4. The smallest absolute Gasteiger partial charge is 0.225 e. The lowest BCUT2D eigenvalue weighted by atomic mass is 9.43. The van der Waals surface area contributed by atoms with E-state index in [4.69, 9.17) is 0 Å². The molecule has 0 spiro atoms. The molecule has 4 nitrogen and oxygen atoms in total. The van der Waals surface area contributed by atoms with Crippen LogP contribution in [0.1, 0.15) is 79.1 Å². The van der Waals surface area contributed by atoms with E-state index in [1.54, 1.807) is 0 Å². The van der Waals surface area contributed by atoms with Gasteiger partial charge in [-0.05, 0) is 76.0 Å². The fourth-order valence-electron chi connectivity index (χ4n) is 7.76. The van der Waals surface area contributed by atoms with Gasteiger partial charge in [0.05, 0.1) is 12.2 Å². The molecule has 1 heterocycles. The molecule has 0 bridgehead atoms. The van der Waals surface area contributed by atoms with Gasteiger partial charge in [0.1, 0.15) is 5.67 Å². The van der Waals surface area contributed by atoms with Crippen LogP contribution in [0.3, 0.4) is 0 Å². The Morgan fingerprint density at radius 2 is 1.68 bits per heavy atom. The highest BCUT2D eigenvalue weighted by atomic mass is 19.1. The summed E-state index contributed by atoms with van der Waals surface area (Å²) in [6.07, 6.45) is 4.21. The predicted octanol–water partition coefficient (Wildman–Crippen LogP) is 3.69. The van der Waals surface area contributed by atoms with E-state index in [9.17, 15) is 15.0 Å². The number of amides is 1. The number of alkyl halides is 1. The lowest BCUT2D eigenvalue weighted by Gasteiger charge is -2.67. The summed E-state index contributed by atoms with van der Waals surface area (Å²) >= 11 is 0. The Balaban J connectivity index is 1.68. The van der Waals surface area contributed by atoms with Crippen LogP contribution < -0.4 is 0 Å². The van der Waals surface area contributed by atoms with Gasteiger partial charge in [-0.1, -0.05) is 20.8 Å². The predicted molar refractivity (Wildman–Crippen MR) is 106 cm³/mol. The van der Waals surface area contributed by atoms with Gasteiger partial charge < -0.3 is 15.1 Å². The molecule has 0 aromatic rings. The SMILES string of the molecule is CC(C)C(=O)N1CCC[C@H]2[C@@H]3CCC4[C@@H](O)[C@@H](O)CC[C@]4(C)[C@@]3(F)CC[C@@]21C. The van der Waals surface area contributed by atoms with Gasteiger partial charge in [-0.15, -0.1) is 0 Å². The quantitative estimate of drug-likeness (QED) is 0.712. The van der Waals surface area contributed by atoms with Crippen molar-refractivity contribution in [1.82, 2.24) is 4.90 Å². The van der Waals surface area contributed by atoms with E-state index < -0.39 is 23.3 Å². The van der Waals surface area contributed by atoms with Crippen LogP contribution in [0.5, 0.6) is 0 Å². The van der Waals surface area contributed by atoms with Gasteiger partial charge in [0, 0.05) is 23.4 Å². The third kappa shape index (κ3) is 2.57. The lowest BCUT2D eigenvalue weighted by molar-refractivity contribution is -0.237. The average molecular weight is 396 g/mol. The number of aliphatic hydroxyl groups is 2. The van der Waals surface area contributed by atoms with E-state index >= 15 is 4.39 Å². The molecule has 8 atom stereocenters. The summed E-state index contributed by atoms with van der Waals surface area (Å²) in [4.78, 5) is 15.0. The van der Waals surface area contributed by atoms with Gasteiger partial charge in [0.2, 0.25) is 5.91 Å². The minimum absolute atomic E-state index is 0.0316. The van der Waals surface area contributed by atoms with Gasteiger partial charge in [-0.2, -0.15) is 0 Å². The van der Waals surface area contributed by atoms with Crippen LogP contribution in [0, 0.1) is 29.1 Å². The molecule has 2 N–H and O–H groups in total. The van der Waals surface area contributed by atoms with Gasteiger partial charge in [-0.25, -0.2) is 4.39 Å². The Hall–Kier alpha value is -0.680. The molecule has 1 saturated heterocycles. The third-order valence-corrected chi connectivity index (χ3v) is 9.46. The van der Waals surface area contributed by atoms with Crippen molar-refractivity contribution >= 4 is 5.91 Å². The van der Waals surface area contributed by atoms with E-state index in [1.807, 2.05) is 20.8 Å². The number of carbonyl (C=O) groups excluding carboxylic acids is 1. The van der Waals surface area contributed by atoms with Crippen molar-refractivity contribution in [3.8, 4) is 0 Å². The van der Waals surface area contributed by atoms with Crippen LogP contribution in [0.25, 0.3) is 0 Å². The van der Waals surface area contributed by atoms with E-state index in [2.05, 4.69) is 11.8 Å². The monoisotopic (exact) mass is 395 g/mol. The molecule has 1 amide bonds. The van der Waals surface area contributed by atoms with Crippen molar-refractivity contribution in [3.63, 3.8) is 0 Å². The molecular weight excluding hydrogens is 357 g/mol. The van der Waals surface area contributed by atoms with Crippen molar-refractivity contribution in [1.29, 1.82) is 0 Å². The Kier molecular flexibility index (Phi) is 4.90. The summed E-state index contributed by atoms with van der Waals surface area (Å²) in [6, 6.07) is 0. The largest absolute Gasteiger partial charge is 0.390 e. The molecule has 5 heteroatoms. The second-order valence-corrected chi connectivity index (χ2v) is 10.9. The first-order chi connectivity index (χ1) is 13.1. The van der Waals surface area contributed by atoms with E-state index in [0.717, 1.165) is 32.2 Å². The summed E-state index contributed by atoms with van der Waals surface area (Å²) in [5, 5.41) is 20.8. The number of nitrogens with zero attached hydrogens (tertiary/aromatic N) is 1. The maximum absolute atomic E-state index is 17.0. The zero-order chi connectivity index (χ0) is 20.5. The number of likely N-dealkylation sites (tertiary alicyclic amines) is 1. The fourth-order valence-corrected chi connectivity index (χ4v) is 7.76. The summed E-state index contributed by atoms with van der Waals surface area (Å²) in [6.45, 7) is 8.93. The molecule has 28 heavy (non-hydrogen) atoms. The maximum Gasteiger partial charge on any atom is 0.225 e. The number of halogens is 1. The Morgan fingerprint density at radius 3 is 2.36 bits per heavy atom. The van der Waals surface area contributed by atoms with E-state index in [-0.39, 0.29) is 35.1 Å². The van der Waals surface area contributed by atoms with Crippen LogP contribution in [-0.4, -0.2) is 51.0 Å². The van der Waals surface area contributed by atoms with Crippen molar-refractivity contribution in [2.45, 2.75) is 102 Å². The number of hydrogen-bond acceptors (Lipinski definition) is 3. The molecule has 4 fully saturated rings. The van der Waals surface area contributed by atoms with Crippen molar-refractivity contribution in [2.24, 2.45) is 29.1 Å².